The van der Waals surface area contributed by atoms with Gasteiger partial charge in [-0.05, 0) is 60.7 Å². The number of carbonyl (C=O) groups is 1. The van der Waals surface area contributed by atoms with Crippen molar-refractivity contribution >= 4 is 29.5 Å². The van der Waals surface area contributed by atoms with Crippen LogP contribution in [0, 0.1) is 0 Å². The van der Waals surface area contributed by atoms with Crippen molar-refractivity contribution in [1.82, 2.24) is 0 Å². The maximum atomic E-state index is 12.9. The summed E-state index contributed by atoms with van der Waals surface area (Å²) in [5, 5.41) is 0.654. The standard InChI is InChI=1S/C22H21ClO3/c1-25-19-11-15(12-20(14-19)26-2)10-17-7-5-8-18(22(17)24)13-16-6-3-4-9-21(16)23/h3-4,6,9-14H,5,7-8H2,1-2H3/b17-10+,18-13+. The van der Waals surface area contributed by atoms with Gasteiger partial charge in [0, 0.05) is 22.2 Å². The Morgan fingerprint density at radius 3 is 2.15 bits per heavy atom. The maximum absolute atomic E-state index is 12.9. The van der Waals surface area contributed by atoms with Crippen molar-refractivity contribution < 1.29 is 14.3 Å². The summed E-state index contributed by atoms with van der Waals surface area (Å²) in [4.78, 5) is 12.9. The first-order chi connectivity index (χ1) is 12.6. The van der Waals surface area contributed by atoms with Crippen molar-refractivity contribution in [3.8, 4) is 11.5 Å². The van der Waals surface area contributed by atoms with Crippen LogP contribution < -0.4 is 9.47 Å². The van der Waals surface area contributed by atoms with Gasteiger partial charge in [-0.2, -0.15) is 0 Å². The van der Waals surface area contributed by atoms with E-state index in [9.17, 15) is 4.79 Å². The van der Waals surface area contributed by atoms with Gasteiger partial charge in [0.1, 0.15) is 11.5 Å². The van der Waals surface area contributed by atoms with E-state index in [1.165, 1.54) is 0 Å². The monoisotopic (exact) mass is 368 g/mol. The zero-order valence-corrected chi connectivity index (χ0v) is 15.7. The maximum Gasteiger partial charge on any atom is 0.185 e. The molecule has 2 aromatic rings. The second-order valence-corrected chi connectivity index (χ2v) is 6.60. The van der Waals surface area contributed by atoms with Gasteiger partial charge in [0.2, 0.25) is 0 Å². The summed E-state index contributed by atoms with van der Waals surface area (Å²) in [6.45, 7) is 0. The molecule has 0 spiro atoms. The Labute approximate surface area is 158 Å². The second-order valence-electron chi connectivity index (χ2n) is 6.19. The van der Waals surface area contributed by atoms with Gasteiger partial charge in [-0.15, -0.1) is 0 Å². The molecule has 3 rings (SSSR count). The average Bonchev–Trinajstić information content (AvgIpc) is 2.66. The third-order valence-corrected chi connectivity index (χ3v) is 4.77. The quantitative estimate of drug-likeness (QED) is 0.661. The Morgan fingerprint density at radius 2 is 1.54 bits per heavy atom. The van der Waals surface area contributed by atoms with Gasteiger partial charge in [-0.3, -0.25) is 4.79 Å². The van der Waals surface area contributed by atoms with Crippen molar-refractivity contribution in [2.75, 3.05) is 14.2 Å². The number of benzene rings is 2. The minimum Gasteiger partial charge on any atom is -0.497 e. The number of halogens is 1. The first-order valence-electron chi connectivity index (χ1n) is 8.54. The van der Waals surface area contributed by atoms with E-state index in [0.29, 0.717) is 16.5 Å². The lowest BCUT2D eigenvalue weighted by atomic mass is 9.87. The molecule has 0 amide bonds. The van der Waals surface area contributed by atoms with E-state index in [1.807, 2.05) is 54.6 Å². The lowest BCUT2D eigenvalue weighted by Gasteiger charge is -2.17. The number of methoxy groups -OCH3 is 2. The number of Topliss-reactive ketones (excluding diaryl/α,β-unsaturated/α-hetero) is 1. The first-order valence-corrected chi connectivity index (χ1v) is 8.92. The molecule has 0 aliphatic heterocycles. The van der Waals surface area contributed by atoms with Crippen LogP contribution in [-0.4, -0.2) is 20.0 Å². The van der Waals surface area contributed by atoms with Crippen LogP contribution in [0.1, 0.15) is 30.4 Å². The van der Waals surface area contributed by atoms with Gasteiger partial charge in [-0.25, -0.2) is 0 Å². The van der Waals surface area contributed by atoms with Crippen LogP contribution >= 0.6 is 11.6 Å². The Hall–Kier alpha value is -2.52. The normalized spacial score (nSPS) is 17.6. The predicted molar refractivity (Wildman–Crippen MR) is 106 cm³/mol. The fourth-order valence-electron chi connectivity index (χ4n) is 3.07. The number of hydrogen-bond donors (Lipinski definition) is 0. The molecule has 0 N–H and O–H groups in total. The molecular weight excluding hydrogens is 348 g/mol. The van der Waals surface area contributed by atoms with E-state index < -0.39 is 0 Å². The molecule has 0 heterocycles. The van der Waals surface area contributed by atoms with Crippen LogP contribution in [0.15, 0.2) is 53.6 Å². The van der Waals surface area contributed by atoms with E-state index in [0.717, 1.165) is 41.5 Å². The first kappa shape index (κ1) is 18.3. The molecule has 26 heavy (non-hydrogen) atoms. The lowest BCUT2D eigenvalue weighted by molar-refractivity contribution is -0.112. The van der Waals surface area contributed by atoms with Crippen LogP contribution in [0.2, 0.25) is 5.02 Å². The Morgan fingerprint density at radius 1 is 0.923 bits per heavy atom. The highest BCUT2D eigenvalue weighted by Gasteiger charge is 2.21. The van der Waals surface area contributed by atoms with Gasteiger partial charge in [0.25, 0.3) is 0 Å². The van der Waals surface area contributed by atoms with Gasteiger partial charge in [0.15, 0.2) is 5.78 Å². The fraction of sp³-hybridized carbons (Fsp3) is 0.227. The Bertz CT molecular complexity index is 858. The van der Waals surface area contributed by atoms with Crippen LogP contribution in [0.25, 0.3) is 12.2 Å². The topological polar surface area (TPSA) is 35.5 Å². The smallest absolute Gasteiger partial charge is 0.185 e. The molecule has 0 atom stereocenters. The number of ether oxygens (including phenoxy) is 2. The molecule has 1 aliphatic rings. The molecule has 1 aliphatic carbocycles. The highest BCUT2D eigenvalue weighted by Crippen LogP contribution is 2.31. The molecule has 1 saturated carbocycles. The number of rotatable bonds is 4. The predicted octanol–water partition coefficient (Wildman–Crippen LogP) is 5.58. The Balaban J connectivity index is 1.93. The van der Waals surface area contributed by atoms with Crippen molar-refractivity contribution in [3.63, 3.8) is 0 Å². The third-order valence-electron chi connectivity index (χ3n) is 4.43. The second kappa shape index (κ2) is 8.24. The fourth-order valence-corrected chi connectivity index (χ4v) is 3.26. The highest BCUT2D eigenvalue weighted by atomic mass is 35.5. The molecule has 134 valence electrons. The SMILES string of the molecule is COc1cc(/C=C2\CCC/C(=C\c3ccccc3Cl)C2=O)cc(OC)c1. The minimum atomic E-state index is 0.0814. The van der Waals surface area contributed by atoms with Gasteiger partial charge < -0.3 is 9.47 Å². The van der Waals surface area contributed by atoms with E-state index in [-0.39, 0.29) is 5.78 Å². The summed E-state index contributed by atoms with van der Waals surface area (Å²) in [7, 11) is 3.23. The summed E-state index contributed by atoms with van der Waals surface area (Å²) in [6, 6.07) is 13.2. The van der Waals surface area contributed by atoms with Gasteiger partial charge in [-0.1, -0.05) is 29.8 Å². The number of allylic oxidation sites excluding steroid dienone is 2. The third kappa shape index (κ3) is 4.17. The van der Waals surface area contributed by atoms with Gasteiger partial charge in [0.05, 0.1) is 14.2 Å². The zero-order valence-electron chi connectivity index (χ0n) is 14.9. The van der Waals surface area contributed by atoms with E-state index in [4.69, 9.17) is 21.1 Å². The van der Waals surface area contributed by atoms with Gasteiger partial charge >= 0.3 is 0 Å². The molecule has 0 radical (unpaired) electrons. The molecule has 1 fully saturated rings. The molecule has 0 aromatic heterocycles. The minimum absolute atomic E-state index is 0.0814. The van der Waals surface area contributed by atoms with Crippen molar-refractivity contribution in [2.24, 2.45) is 0 Å². The van der Waals surface area contributed by atoms with Crippen molar-refractivity contribution in [3.05, 3.63) is 69.8 Å². The van der Waals surface area contributed by atoms with E-state index >= 15 is 0 Å². The number of carbonyl (C=O) groups excluding carboxylic acids is 1. The summed E-state index contributed by atoms with van der Waals surface area (Å²) in [6.07, 6.45) is 6.30. The van der Waals surface area contributed by atoms with Crippen molar-refractivity contribution in [2.45, 2.75) is 19.3 Å². The molecule has 0 unspecified atom stereocenters. The molecule has 0 bridgehead atoms. The lowest BCUT2D eigenvalue weighted by Crippen LogP contribution is -2.12. The summed E-state index contributed by atoms with van der Waals surface area (Å²) in [5.41, 5.74) is 3.36. The number of hydrogen-bond acceptors (Lipinski definition) is 3. The summed E-state index contributed by atoms with van der Waals surface area (Å²) < 4.78 is 10.6. The molecular formula is C22H21ClO3. The average molecular weight is 369 g/mol. The molecule has 2 aromatic carbocycles. The highest BCUT2D eigenvalue weighted by molar-refractivity contribution is 6.32. The molecule has 0 saturated heterocycles. The van der Waals surface area contributed by atoms with Crippen molar-refractivity contribution in [1.29, 1.82) is 0 Å². The summed E-state index contributed by atoms with van der Waals surface area (Å²) >= 11 is 6.23. The van der Waals surface area contributed by atoms with Crippen LogP contribution in [0.3, 0.4) is 0 Å². The number of ketones is 1. The zero-order chi connectivity index (χ0) is 18.5. The molecule has 4 heteroatoms. The van der Waals surface area contributed by atoms with Crippen LogP contribution in [0.5, 0.6) is 11.5 Å². The van der Waals surface area contributed by atoms with E-state index in [1.54, 1.807) is 14.2 Å². The Kier molecular flexibility index (Phi) is 5.79. The van der Waals surface area contributed by atoms with E-state index in [2.05, 4.69) is 0 Å². The van der Waals surface area contributed by atoms with Crippen LogP contribution in [0.4, 0.5) is 0 Å². The van der Waals surface area contributed by atoms with Crippen LogP contribution in [-0.2, 0) is 4.79 Å². The summed E-state index contributed by atoms with van der Waals surface area (Å²) in [5.74, 6) is 1.48. The largest absolute Gasteiger partial charge is 0.497 e. The molecule has 3 nitrogen and oxygen atoms in total.